The number of halogens is 3. The van der Waals surface area contributed by atoms with Gasteiger partial charge in [-0.2, -0.15) is 13.2 Å². The van der Waals surface area contributed by atoms with Crippen molar-refractivity contribution in [2.24, 2.45) is 16.6 Å². The van der Waals surface area contributed by atoms with Crippen LogP contribution in [0.4, 0.5) is 19.0 Å². The van der Waals surface area contributed by atoms with Gasteiger partial charge in [-0.15, -0.1) is 11.3 Å². The first kappa shape index (κ1) is 21.1. The van der Waals surface area contributed by atoms with Gasteiger partial charge in [0.1, 0.15) is 16.4 Å². The first-order valence-electron chi connectivity index (χ1n) is 9.00. The van der Waals surface area contributed by atoms with Gasteiger partial charge in [-0.1, -0.05) is 11.8 Å². The number of oxazole rings is 1. The highest BCUT2D eigenvalue weighted by molar-refractivity contribution is 8.13. The fraction of sp³-hybridized carbons (Fsp3) is 0.529. The highest BCUT2D eigenvalue weighted by Gasteiger charge is 2.49. The molecule has 30 heavy (non-hydrogen) atoms. The molecule has 0 radical (unpaired) electrons. The van der Waals surface area contributed by atoms with Gasteiger partial charge in [0.15, 0.2) is 16.8 Å². The van der Waals surface area contributed by atoms with Crippen LogP contribution in [-0.4, -0.2) is 39.5 Å². The van der Waals surface area contributed by atoms with Crippen molar-refractivity contribution in [3.8, 4) is 0 Å². The monoisotopic (exact) mass is 461 g/mol. The molecule has 0 spiro atoms. The number of amidine groups is 1. The maximum absolute atomic E-state index is 13.1. The zero-order valence-corrected chi connectivity index (χ0v) is 17.6. The molecule has 3 atom stereocenters. The Balaban J connectivity index is 1.61. The van der Waals surface area contributed by atoms with E-state index in [0.29, 0.717) is 16.8 Å². The lowest BCUT2D eigenvalue weighted by Gasteiger charge is -2.44. The minimum absolute atomic E-state index is 0.0774. The van der Waals surface area contributed by atoms with Crippen LogP contribution in [0.25, 0.3) is 0 Å². The van der Waals surface area contributed by atoms with Crippen LogP contribution in [0.2, 0.25) is 0 Å². The number of aromatic nitrogens is 2. The molecule has 162 valence electrons. The number of rotatable bonds is 3. The van der Waals surface area contributed by atoms with Gasteiger partial charge in [0.05, 0.1) is 12.7 Å². The number of alkyl halides is 3. The molecule has 2 aliphatic rings. The van der Waals surface area contributed by atoms with Gasteiger partial charge >= 0.3 is 6.18 Å². The quantitative estimate of drug-likeness (QED) is 0.720. The Labute approximate surface area is 177 Å². The first-order chi connectivity index (χ1) is 14.1. The number of hydrogen-bond acceptors (Lipinski definition) is 9. The summed E-state index contributed by atoms with van der Waals surface area (Å²) in [7, 11) is 0. The number of carbonyl (C=O) groups excluding carboxylic acids is 1. The Bertz CT molecular complexity index is 1010. The van der Waals surface area contributed by atoms with Gasteiger partial charge in [0, 0.05) is 24.0 Å². The normalized spacial score (nSPS) is 26.8. The molecule has 0 bridgehead atoms. The highest BCUT2D eigenvalue weighted by atomic mass is 32.2. The number of hydrogen-bond donors (Lipinski definition) is 2. The molecule has 3 N–H and O–H groups in total. The Morgan fingerprint density at radius 1 is 1.40 bits per heavy atom. The van der Waals surface area contributed by atoms with Crippen LogP contribution in [-0.2, 0) is 16.5 Å². The molecule has 0 saturated carbocycles. The molecule has 2 aromatic heterocycles. The molecule has 0 aromatic carbocycles. The zero-order valence-electron chi connectivity index (χ0n) is 15.9. The van der Waals surface area contributed by atoms with E-state index in [1.165, 1.54) is 30.0 Å². The maximum Gasteiger partial charge on any atom is 0.452 e. The number of amides is 1. The number of nitrogens with one attached hydrogen (secondary N) is 1. The fourth-order valence-corrected chi connectivity index (χ4v) is 5.53. The summed E-state index contributed by atoms with van der Waals surface area (Å²) in [6, 6.07) is 0. The number of fused-ring (bicyclic) bond motifs is 1. The maximum atomic E-state index is 13.1. The van der Waals surface area contributed by atoms with Crippen molar-refractivity contribution in [2.75, 3.05) is 17.7 Å². The van der Waals surface area contributed by atoms with E-state index >= 15 is 0 Å². The van der Waals surface area contributed by atoms with Crippen LogP contribution < -0.4 is 11.1 Å². The Morgan fingerprint density at radius 3 is 2.90 bits per heavy atom. The Morgan fingerprint density at radius 2 is 2.17 bits per heavy atom. The molecular formula is C17H18F3N5O3S2. The van der Waals surface area contributed by atoms with E-state index in [-0.39, 0.29) is 23.7 Å². The van der Waals surface area contributed by atoms with Crippen LogP contribution in [0.5, 0.6) is 0 Å². The van der Waals surface area contributed by atoms with E-state index in [0.717, 1.165) is 12.2 Å². The second-order valence-electron chi connectivity index (χ2n) is 7.14. The third kappa shape index (κ3) is 3.81. The molecule has 4 rings (SSSR count). The van der Waals surface area contributed by atoms with Crippen LogP contribution >= 0.6 is 23.1 Å². The SMILES string of the molecule is Cc1nc(C(=O)Nc2csc(C34CO[C@@H](C)C[C@H]3CSC(N)=N4)n2)c(C(F)(F)F)o1. The molecule has 1 saturated heterocycles. The summed E-state index contributed by atoms with van der Waals surface area (Å²) in [5.41, 5.74) is 4.36. The molecule has 1 unspecified atom stereocenters. The van der Waals surface area contributed by atoms with Crippen molar-refractivity contribution in [2.45, 2.75) is 38.1 Å². The van der Waals surface area contributed by atoms with Crippen LogP contribution in [0.3, 0.4) is 0 Å². The average molecular weight is 461 g/mol. The van der Waals surface area contributed by atoms with E-state index in [1.54, 1.807) is 5.38 Å². The summed E-state index contributed by atoms with van der Waals surface area (Å²) in [5, 5.41) is 4.93. The lowest BCUT2D eigenvalue weighted by molar-refractivity contribution is -0.153. The summed E-state index contributed by atoms with van der Waals surface area (Å²) in [5.74, 6) is -1.75. The summed E-state index contributed by atoms with van der Waals surface area (Å²) in [6.07, 6.45) is -3.98. The van der Waals surface area contributed by atoms with Crippen molar-refractivity contribution < 1.29 is 27.1 Å². The molecule has 1 fully saturated rings. The summed E-state index contributed by atoms with van der Waals surface area (Å²) in [6.45, 7) is 3.52. The topological polar surface area (TPSA) is 116 Å². The minimum Gasteiger partial charge on any atom is -0.436 e. The van der Waals surface area contributed by atoms with Gasteiger partial charge in [-0.3, -0.25) is 4.79 Å². The molecule has 4 heterocycles. The van der Waals surface area contributed by atoms with E-state index in [2.05, 4.69) is 24.7 Å². The number of aryl methyl sites for hydroxylation is 1. The summed E-state index contributed by atoms with van der Waals surface area (Å²) >= 11 is 2.72. The van der Waals surface area contributed by atoms with Crippen LogP contribution in [0.15, 0.2) is 14.8 Å². The number of thioether (sulfide) groups is 1. The van der Waals surface area contributed by atoms with E-state index in [1.807, 2.05) is 6.92 Å². The van der Waals surface area contributed by atoms with Gasteiger partial charge in [0.2, 0.25) is 5.76 Å². The predicted octanol–water partition coefficient (Wildman–Crippen LogP) is 3.39. The number of ether oxygens (including phenoxy) is 1. The zero-order chi connectivity index (χ0) is 21.7. The average Bonchev–Trinajstić information content (AvgIpc) is 3.29. The molecule has 2 aliphatic heterocycles. The number of aliphatic imine (C=N–C) groups is 1. The van der Waals surface area contributed by atoms with Crippen molar-refractivity contribution in [3.05, 3.63) is 27.7 Å². The molecule has 8 nitrogen and oxygen atoms in total. The van der Waals surface area contributed by atoms with Gasteiger partial charge in [-0.05, 0) is 13.3 Å². The molecule has 1 amide bonds. The van der Waals surface area contributed by atoms with Crippen molar-refractivity contribution >= 4 is 40.0 Å². The largest absolute Gasteiger partial charge is 0.452 e. The smallest absolute Gasteiger partial charge is 0.436 e. The number of thiazole rings is 1. The van der Waals surface area contributed by atoms with E-state index in [9.17, 15) is 18.0 Å². The number of nitrogens with two attached hydrogens (primary N) is 1. The molecule has 13 heteroatoms. The molecule has 0 aliphatic carbocycles. The van der Waals surface area contributed by atoms with Gasteiger partial charge < -0.3 is 20.2 Å². The third-order valence-corrected chi connectivity index (χ3v) is 6.91. The molecule has 2 aromatic rings. The van der Waals surface area contributed by atoms with Crippen molar-refractivity contribution in [1.29, 1.82) is 0 Å². The standard InChI is InChI=1S/C17H18F3N5O3S2/c1-7-3-9-4-30-15(21)25-16(9,6-27-7)14-24-10(5-29-14)23-13(26)11-12(17(18,19)20)28-8(2)22-11/h5,7,9H,3-4,6H2,1-2H3,(H2,21,25)(H,23,26)/t7-,9-,16?/m0/s1. The fourth-order valence-electron chi connectivity index (χ4n) is 3.56. The summed E-state index contributed by atoms with van der Waals surface area (Å²) < 4.78 is 49.7. The Kier molecular flexibility index (Phi) is 5.31. The lowest BCUT2D eigenvalue weighted by atomic mass is 9.80. The second-order valence-corrected chi connectivity index (χ2v) is 9.04. The lowest BCUT2D eigenvalue weighted by Crippen LogP contribution is -2.49. The van der Waals surface area contributed by atoms with Gasteiger partial charge in [-0.25, -0.2) is 15.0 Å². The summed E-state index contributed by atoms with van der Waals surface area (Å²) in [4.78, 5) is 25.0. The molecular weight excluding hydrogens is 443 g/mol. The van der Waals surface area contributed by atoms with Gasteiger partial charge in [0.25, 0.3) is 5.91 Å². The highest BCUT2D eigenvalue weighted by Crippen LogP contribution is 2.47. The third-order valence-electron chi connectivity index (χ3n) is 4.94. The van der Waals surface area contributed by atoms with Crippen molar-refractivity contribution in [3.63, 3.8) is 0 Å². The van der Waals surface area contributed by atoms with Crippen molar-refractivity contribution in [1.82, 2.24) is 9.97 Å². The number of anilines is 1. The number of nitrogens with zero attached hydrogens (tertiary/aromatic N) is 3. The van der Waals surface area contributed by atoms with Crippen LogP contribution in [0, 0.1) is 12.8 Å². The first-order valence-corrected chi connectivity index (χ1v) is 10.9. The minimum atomic E-state index is -4.84. The van der Waals surface area contributed by atoms with E-state index < -0.39 is 29.1 Å². The van der Waals surface area contributed by atoms with Crippen LogP contribution in [0.1, 0.15) is 40.5 Å². The second kappa shape index (κ2) is 7.54. The Hall–Kier alpha value is -2.12. The number of carbonyl (C=O) groups is 1. The predicted molar refractivity (Wildman–Crippen MR) is 106 cm³/mol. The van der Waals surface area contributed by atoms with E-state index in [4.69, 9.17) is 10.5 Å².